The van der Waals surface area contributed by atoms with Crippen molar-refractivity contribution in [3.63, 3.8) is 0 Å². The Balaban J connectivity index is 3.03. The molecule has 0 aromatic heterocycles. The van der Waals surface area contributed by atoms with Crippen molar-refractivity contribution in [1.29, 1.82) is 0 Å². The van der Waals surface area contributed by atoms with Gasteiger partial charge in [-0.2, -0.15) is 0 Å². The van der Waals surface area contributed by atoms with E-state index in [4.69, 9.17) is 11.5 Å². The van der Waals surface area contributed by atoms with E-state index in [1.165, 1.54) is 0 Å². The van der Waals surface area contributed by atoms with Gasteiger partial charge >= 0.3 is 56.7 Å². The number of nitrogens with two attached hydrogens (primary N) is 2. The van der Waals surface area contributed by atoms with Crippen LogP contribution in [-0.2, 0) is 0 Å². The molecule has 0 aromatic rings. The maximum atomic E-state index is 5.21. The molecule has 0 amide bonds. The van der Waals surface area contributed by atoms with Crippen LogP contribution in [-0.4, -0.2) is 33.8 Å². The molecule has 48 valence electrons. The predicted molar refractivity (Wildman–Crippen MR) is 37.3 cm³/mol. The molecule has 0 saturated carbocycles. The van der Waals surface area contributed by atoms with Crippen LogP contribution in [0, 0.1) is 0 Å². The van der Waals surface area contributed by atoms with Crippen molar-refractivity contribution < 1.29 is 0 Å². The summed E-state index contributed by atoms with van der Waals surface area (Å²) in [6, 6.07) is 0. The zero-order valence-corrected chi connectivity index (χ0v) is 6.55. The third-order valence-corrected chi connectivity index (χ3v) is 0.933. The van der Waals surface area contributed by atoms with Crippen molar-refractivity contribution in [1.82, 2.24) is 0 Å². The Morgan fingerprint density at radius 1 is 1.62 bits per heavy atom. The van der Waals surface area contributed by atoms with Gasteiger partial charge in [-0.3, -0.25) is 0 Å². The van der Waals surface area contributed by atoms with Crippen molar-refractivity contribution >= 4 is 20.7 Å². The fraction of sp³-hybridized carbons (Fsp3) is 0.750. The third kappa shape index (κ3) is 5.95. The molecule has 4 N–H and O–H groups in total. The molecule has 0 aliphatic rings. The van der Waals surface area contributed by atoms with Gasteiger partial charge in [-0.1, -0.05) is 0 Å². The molecule has 0 aromatic carbocycles. The monoisotopic (exact) mass is 181 g/mol. The molecule has 0 unspecified atom stereocenters. The van der Waals surface area contributed by atoms with E-state index in [9.17, 15) is 0 Å². The summed E-state index contributed by atoms with van der Waals surface area (Å²) in [7, 11) is 0. The maximum absolute atomic E-state index is 5.21. The summed E-state index contributed by atoms with van der Waals surface area (Å²) >= 11 is 2.18. The quantitative estimate of drug-likeness (QED) is 0.241. The molecule has 0 heterocycles. The van der Waals surface area contributed by atoms with E-state index in [1.54, 1.807) is 0 Å². The number of hydrogen-bond donors (Lipinski definition) is 2. The molecular weight excluding hydrogens is 169 g/mol. The van der Waals surface area contributed by atoms with E-state index in [-0.39, 0.29) is 0 Å². The molecule has 0 saturated heterocycles. The Bertz CT molecular complexity index is 77.4. The first-order chi connectivity index (χ1) is 3.77. The molecule has 0 atom stereocenters. The number of aliphatic imine (C=N–C) groups is 1. The topological polar surface area (TPSA) is 64.4 Å². The molecule has 4 heteroatoms. The number of amidine groups is 1. The van der Waals surface area contributed by atoms with Gasteiger partial charge in [0.2, 0.25) is 0 Å². The second-order valence-electron chi connectivity index (χ2n) is 1.38. The number of rotatable bonds is 3. The molecule has 0 fully saturated rings. The summed E-state index contributed by atoms with van der Waals surface area (Å²) in [4.78, 5) is 3.90. The Kier molecular flexibility index (Phi) is 5.06. The van der Waals surface area contributed by atoms with Gasteiger partial charge in [0, 0.05) is 0 Å². The van der Waals surface area contributed by atoms with Gasteiger partial charge < -0.3 is 0 Å². The summed E-state index contributed by atoms with van der Waals surface area (Å²) in [6.07, 6.45) is 0.915. The molecule has 8 heavy (non-hydrogen) atoms. The first kappa shape index (κ1) is 7.95. The zero-order valence-electron chi connectivity index (χ0n) is 4.67. The van der Waals surface area contributed by atoms with Crippen molar-refractivity contribution in [2.75, 3.05) is 13.1 Å². The Morgan fingerprint density at radius 3 is 2.62 bits per heavy atom. The molecule has 0 aliphatic carbocycles. The van der Waals surface area contributed by atoms with Gasteiger partial charge in [-0.25, -0.2) is 0 Å². The van der Waals surface area contributed by atoms with E-state index in [2.05, 4.69) is 21.0 Å². The van der Waals surface area contributed by atoms with Crippen molar-refractivity contribution in [3.05, 3.63) is 0 Å². The van der Waals surface area contributed by atoms with Crippen LogP contribution in [0.25, 0.3) is 0 Å². The molecule has 0 rings (SSSR count). The SMILES string of the molecule is NCCCN=C(N)[SeH]. The van der Waals surface area contributed by atoms with Crippen LogP contribution in [0.15, 0.2) is 4.99 Å². The number of hydrogen-bond acceptors (Lipinski definition) is 2. The summed E-state index contributed by atoms with van der Waals surface area (Å²) in [5, 5.41) is 0. The molecular formula is C4H11N3Se. The molecule has 0 bridgehead atoms. The first-order valence-electron chi connectivity index (χ1n) is 2.46. The molecule has 0 spiro atoms. The van der Waals surface area contributed by atoms with Crippen molar-refractivity contribution in [2.45, 2.75) is 6.42 Å². The minimum atomic E-state index is 0.575. The summed E-state index contributed by atoms with van der Waals surface area (Å²) in [5.74, 6) is 0. The van der Waals surface area contributed by atoms with Crippen LogP contribution < -0.4 is 11.5 Å². The van der Waals surface area contributed by atoms with Crippen LogP contribution in [0.1, 0.15) is 6.42 Å². The third-order valence-electron chi connectivity index (χ3n) is 0.636. The van der Waals surface area contributed by atoms with E-state index in [1.807, 2.05) is 0 Å². The van der Waals surface area contributed by atoms with Crippen LogP contribution in [0.3, 0.4) is 0 Å². The fourth-order valence-corrected chi connectivity index (χ4v) is 0.495. The summed E-state index contributed by atoms with van der Waals surface area (Å²) in [5.41, 5.74) is 10.4. The van der Waals surface area contributed by atoms with Gasteiger partial charge in [0.25, 0.3) is 0 Å². The second kappa shape index (κ2) is 5.09. The minimum absolute atomic E-state index is 0.575. The summed E-state index contributed by atoms with van der Waals surface area (Å²) in [6.45, 7) is 1.43. The van der Waals surface area contributed by atoms with E-state index in [0.29, 0.717) is 11.3 Å². The second-order valence-corrected chi connectivity index (χ2v) is 2.34. The van der Waals surface area contributed by atoms with Gasteiger partial charge in [0.15, 0.2) is 0 Å². The van der Waals surface area contributed by atoms with Crippen LogP contribution in [0.2, 0.25) is 0 Å². The van der Waals surface area contributed by atoms with E-state index in [0.717, 1.165) is 13.0 Å². The summed E-state index contributed by atoms with van der Waals surface area (Å²) < 4.78 is 0.575. The molecule has 0 radical (unpaired) electrons. The van der Waals surface area contributed by atoms with Crippen molar-refractivity contribution in [3.8, 4) is 0 Å². The average molecular weight is 180 g/mol. The zero-order chi connectivity index (χ0) is 6.41. The van der Waals surface area contributed by atoms with Gasteiger partial charge in [-0.05, 0) is 0 Å². The van der Waals surface area contributed by atoms with Gasteiger partial charge in [0.05, 0.1) is 0 Å². The van der Waals surface area contributed by atoms with Gasteiger partial charge in [-0.15, -0.1) is 0 Å². The average Bonchev–Trinajstić information content (AvgIpc) is 1.66. The predicted octanol–water partition coefficient (Wildman–Crippen LogP) is -1.45. The van der Waals surface area contributed by atoms with Crippen molar-refractivity contribution in [2.24, 2.45) is 16.5 Å². The van der Waals surface area contributed by atoms with E-state index < -0.39 is 0 Å². The first-order valence-corrected chi connectivity index (χ1v) is 3.40. The Labute approximate surface area is 57.3 Å². The Morgan fingerprint density at radius 2 is 2.25 bits per heavy atom. The fourth-order valence-electron chi connectivity index (χ4n) is 0.285. The normalized spacial score (nSPS) is 12.0. The van der Waals surface area contributed by atoms with E-state index >= 15 is 0 Å². The van der Waals surface area contributed by atoms with Gasteiger partial charge in [0.1, 0.15) is 0 Å². The standard InChI is InChI=1S/C4H11N3Se/c5-2-1-3-7-4(6)8/h1-3,5H2,(H3,6,7,8). The Hall–Kier alpha value is -0.0505. The van der Waals surface area contributed by atoms with Crippen LogP contribution in [0.5, 0.6) is 0 Å². The molecule has 3 nitrogen and oxygen atoms in total. The molecule has 0 aliphatic heterocycles. The van der Waals surface area contributed by atoms with Crippen LogP contribution >= 0.6 is 0 Å². The van der Waals surface area contributed by atoms with Crippen LogP contribution in [0.4, 0.5) is 0 Å². The number of nitrogens with zero attached hydrogens (tertiary/aromatic N) is 1.